The largest absolute Gasteiger partial charge is 0.495 e. The molecule has 0 saturated carbocycles. The lowest BCUT2D eigenvalue weighted by atomic mass is 9.95. The summed E-state index contributed by atoms with van der Waals surface area (Å²) in [4.78, 5) is 44.2. The second-order valence-electron chi connectivity index (χ2n) is 11.1. The number of rotatable bonds is 12. The molecule has 14 heteroatoms. The standard InChI is InChI=1S/C33H33ClF3N3O7/c1-3-45-32(43)25-17-39-16-20(7-10-30(39)38-25)12-27(41)26(14-22-6-4-5-11-46-22)40-18-29(44-2)24(15-31(40)42)23-13-21(34)8-9-28(23)47-19-33(35,36)37/h7-10,13,15-18,22,26H,3-6,11-12,14,19H2,1-2H3/t22-,26?/m0/s1. The second kappa shape index (κ2) is 14.6. The van der Waals surface area contributed by atoms with Gasteiger partial charge in [0, 0.05) is 54.1 Å². The number of ketones is 1. The number of carbonyl (C=O) groups is 2. The number of ether oxygens (including phenoxy) is 4. The fourth-order valence-corrected chi connectivity index (χ4v) is 5.72. The Kier molecular flexibility index (Phi) is 10.6. The molecule has 0 radical (unpaired) electrons. The molecule has 1 unspecified atom stereocenters. The highest BCUT2D eigenvalue weighted by Crippen LogP contribution is 2.38. The predicted molar refractivity (Wildman–Crippen MR) is 166 cm³/mol. The first kappa shape index (κ1) is 34.0. The summed E-state index contributed by atoms with van der Waals surface area (Å²) in [6.07, 6.45) is 2.41. The maximum Gasteiger partial charge on any atom is 0.422 e. The number of alkyl halides is 3. The molecular weight excluding hydrogens is 643 g/mol. The van der Waals surface area contributed by atoms with Crippen molar-refractivity contribution in [3.8, 4) is 22.6 Å². The molecule has 4 aromatic rings. The molecule has 10 nitrogen and oxygen atoms in total. The maximum atomic E-state index is 14.0. The van der Waals surface area contributed by atoms with E-state index < -0.39 is 30.4 Å². The Labute approximate surface area is 273 Å². The van der Waals surface area contributed by atoms with Crippen LogP contribution in [-0.2, 0) is 20.7 Å². The van der Waals surface area contributed by atoms with Gasteiger partial charge < -0.3 is 27.9 Å². The van der Waals surface area contributed by atoms with Gasteiger partial charge in [-0.1, -0.05) is 17.7 Å². The average Bonchev–Trinajstić information content (AvgIpc) is 3.47. The van der Waals surface area contributed by atoms with Crippen molar-refractivity contribution in [2.24, 2.45) is 0 Å². The summed E-state index contributed by atoms with van der Waals surface area (Å²) in [6.45, 7) is 0.893. The topological polar surface area (TPSA) is 110 Å². The smallest absolute Gasteiger partial charge is 0.422 e. The normalized spacial score (nSPS) is 15.7. The van der Waals surface area contributed by atoms with E-state index >= 15 is 0 Å². The molecule has 0 amide bonds. The van der Waals surface area contributed by atoms with E-state index in [1.54, 1.807) is 29.7 Å². The SMILES string of the molecule is CCOC(=O)c1cn2cc(CC(=O)C(C[C@@H]3CCCCO3)n3cc(OC)c(-c4cc(Cl)ccc4OCC(F)(F)F)cc3=O)ccc2n1. The van der Waals surface area contributed by atoms with Crippen LogP contribution in [0.1, 0.15) is 54.7 Å². The zero-order valence-electron chi connectivity index (χ0n) is 25.7. The number of hydrogen-bond donors (Lipinski definition) is 0. The summed E-state index contributed by atoms with van der Waals surface area (Å²) in [5.74, 6) is -0.864. The first-order chi connectivity index (χ1) is 22.5. The molecule has 47 heavy (non-hydrogen) atoms. The lowest BCUT2D eigenvalue weighted by Crippen LogP contribution is -2.34. The van der Waals surface area contributed by atoms with E-state index in [0.29, 0.717) is 24.2 Å². The van der Waals surface area contributed by atoms with Gasteiger partial charge in [-0.15, -0.1) is 0 Å². The highest BCUT2D eigenvalue weighted by molar-refractivity contribution is 6.31. The van der Waals surface area contributed by atoms with Crippen LogP contribution in [0.25, 0.3) is 16.8 Å². The monoisotopic (exact) mass is 675 g/mol. The Bertz CT molecular complexity index is 1820. The van der Waals surface area contributed by atoms with E-state index in [1.807, 2.05) is 0 Å². The van der Waals surface area contributed by atoms with Gasteiger partial charge in [-0.3, -0.25) is 9.59 Å². The summed E-state index contributed by atoms with van der Waals surface area (Å²) < 4.78 is 63.4. The number of benzene rings is 1. The van der Waals surface area contributed by atoms with Gasteiger partial charge >= 0.3 is 12.1 Å². The quantitative estimate of drug-likeness (QED) is 0.162. The summed E-state index contributed by atoms with van der Waals surface area (Å²) in [5, 5.41) is 0.206. The zero-order chi connectivity index (χ0) is 33.7. The van der Waals surface area contributed by atoms with Crippen LogP contribution >= 0.6 is 11.6 Å². The van der Waals surface area contributed by atoms with Gasteiger partial charge in [-0.2, -0.15) is 13.2 Å². The summed E-state index contributed by atoms with van der Waals surface area (Å²) in [6, 6.07) is 7.68. The van der Waals surface area contributed by atoms with Crippen LogP contribution in [0.5, 0.6) is 11.5 Å². The van der Waals surface area contributed by atoms with Crippen molar-refractivity contribution in [1.29, 1.82) is 0 Å². The summed E-state index contributed by atoms with van der Waals surface area (Å²) in [5.41, 5.74) is 0.932. The molecule has 1 aliphatic rings. The highest BCUT2D eigenvalue weighted by Gasteiger charge is 2.31. The molecule has 1 fully saturated rings. The lowest BCUT2D eigenvalue weighted by molar-refractivity contribution is -0.153. The molecule has 1 aliphatic heterocycles. The molecule has 0 aliphatic carbocycles. The van der Waals surface area contributed by atoms with Gasteiger partial charge in [0.25, 0.3) is 5.56 Å². The number of aromatic nitrogens is 3. The Morgan fingerprint density at radius 1 is 1.09 bits per heavy atom. The van der Waals surface area contributed by atoms with Crippen LogP contribution in [0.15, 0.2) is 59.8 Å². The minimum atomic E-state index is -4.59. The van der Waals surface area contributed by atoms with E-state index in [4.69, 9.17) is 30.5 Å². The number of Topliss-reactive ketones (excluding diaryl/α,β-unsaturated/α-hetero) is 1. The van der Waals surface area contributed by atoms with Gasteiger partial charge in [0.2, 0.25) is 0 Å². The molecule has 0 spiro atoms. The average molecular weight is 676 g/mol. The molecule has 2 atom stereocenters. The van der Waals surface area contributed by atoms with Crippen molar-refractivity contribution in [1.82, 2.24) is 14.0 Å². The van der Waals surface area contributed by atoms with Crippen molar-refractivity contribution in [3.05, 3.63) is 81.6 Å². The minimum Gasteiger partial charge on any atom is -0.495 e. The molecule has 5 rings (SSSR count). The van der Waals surface area contributed by atoms with Gasteiger partial charge in [-0.25, -0.2) is 9.78 Å². The van der Waals surface area contributed by atoms with Crippen molar-refractivity contribution >= 4 is 29.0 Å². The Hall–Kier alpha value is -4.36. The fraction of sp³-hybridized carbons (Fsp3) is 0.394. The number of imidazole rings is 1. The predicted octanol–water partition coefficient (Wildman–Crippen LogP) is 6.25. The Morgan fingerprint density at radius 3 is 2.57 bits per heavy atom. The molecular formula is C33H33ClF3N3O7. The Balaban J connectivity index is 1.50. The van der Waals surface area contributed by atoms with Gasteiger partial charge in [-0.05, 0) is 56.0 Å². The summed E-state index contributed by atoms with van der Waals surface area (Å²) in [7, 11) is 1.35. The molecule has 3 aromatic heterocycles. The zero-order valence-corrected chi connectivity index (χ0v) is 26.5. The van der Waals surface area contributed by atoms with Crippen LogP contribution < -0.4 is 15.0 Å². The van der Waals surface area contributed by atoms with E-state index in [1.165, 1.54) is 48.3 Å². The number of pyridine rings is 2. The third-order valence-corrected chi connectivity index (χ3v) is 7.97. The van der Waals surface area contributed by atoms with Crippen LogP contribution in [0, 0.1) is 0 Å². The number of halogens is 4. The Morgan fingerprint density at radius 2 is 1.87 bits per heavy atom. The molecule has 0 N–H and O–H groups in total. The maximum absolute atomic E-state index is 14.0. The molecule has 250 valence electrons. The number of hydrogen-bond acceptors (Lipinski definition) is 8. The summed E-state index contributed by atoms with van der Waals surface area (Å²) >= 11 is 6.18. The number of nitrogens with zero attached hydrogens (tertiary/aromatic N) is 3. The number of methoxy groups -OCH3 is 1. The van der Waals surface area contributed by atoms with Crippen LogP contribution in [0.3, 0.4) is 0 Å². The number of esters is 1. The lowest BCUT2D eigenvalue weighted by Gasteiger charge is -2.28. The van der Waals surface area contributed by atoms with E-state index in [2.05, 4.69) is 4.98 Å². The highest BCUT2D eigenvalue weighted by atomic mass is 35.5. The van der Waals surface area contributed by atoms with E-state index in [-0.39, 0.29) is 64.7 Å². The fourth-order valence-electron chi connectivity index (χ4n) is 5.55. The van der Waals surface area contributed by atoms with Crippen LogP contribution in [0.4, 0.5) is 13.2 Å². The van der Waals surface area contributed by atoms with Gasteiger partial charge in [0.1, 0.15) is 17.1 Å². The third-order valence-electron chi connectivity index (χ3n) is 7.73. The minimum absolute atomic E-state index is 0.0551. The molecule has 1 saturated heterocycles. The number of carbonyl (C=O) groups excluding carboxylic acids is 2. The number of fused-ring (bicyclic) bond motifs is 1. The second-order valence-corrected chi connectivity index (χ2v) is 11.5. The third kappa shape index (κ3) is 8.33. The van der Waals surface area contributed by atoms with E-state index in [9.17, 15) is 27.6 Å². The molecule has 4 heterocycles. The van der Waals surface area contributed by atoms with Gasteiger partial charge in [0.15, 0.2) is 18.1 Å². The van der Waals surface area contributed by atoms with Crippen molar-refractivity contribution < 1.29 is 41.7 Å². The van der Waals surface area contributed by atoms with E-state index in [0.717, 1.165) is 12.8 Å². The molecule has 0 bridgehead atoms. The van der Waals surface area contributed by atoms with Crippen LogP contribution in [-0.4, -0.2) is 64.9 Å². The van der Waals surface area contributed by atoms with Crippen molar-refractivity contribution in [2.75, 3.05) is 26.9 Å². The van der Waals surface area contributed by atoms with Gasteiger partial charge in [0.05, 0.1) is 32.1 Å². The van der Waals surface area contributed by atoms with Crippen LogP contribution in [0.2, 0.25) is 5.02 Å². The van der Waals surface area contributed by atoms with Crippen molar-refractivity contribution in [3.63, 3.8) is 0 Å². The first-order valence-electron chi connectivity index (χ1n) is 15.0. The first-order valence-corrected chi connectivity index (χ1v) is 15.4. The van der Waals surface area contributed by atoms with Crippen molar-refractivity contribution in [2.45, 2.75) is 57.3 Å². The molecule has 1 aromatic carbocycles.